The molecule has 3 aliphatic carbocycles. The maximum Gasteiger partial charge on any atom is 0.246 e. The summed E-state index contributed by atoms with van der Waals surface area (Å²) in [6, 6.07) is 7.06. The third kappa shape index (κ3) is 3.04. The number of furan rings is 1. The van der Waals surface area contributed by atoms with Gasteiger partial charge in [0.25, 0.3) is 0 Å². The van der Waals surface area contributed by atoms with Gasteiger partial charge >= 0.3 is 0 Å². The SMILES string of the molecule is CN(C(=O)/C=C/c1ccoc1)C1CC[C@@]2(O)[C@H]3Cc4ccc(O)c5c4[C@@]2(CC(C#N)N3CC2CC2)C1O5. The van der Waals surface area contributed by atoms with Crippen LogP contribution in [-0.2, 0) is 16.6 Å². The van der Waals surface area contributed by atoms with Crippen LogP contribution in [0.2, 0.25) is 0 Å². The standard InChI is InChI=1S/C29H31N3O5/c1-31(24(34)7-4-18-9-11-36-16-18)21-8-10-29(35)23-12-19-5-6-22(33)26-25(19)28(29,27(21)37-26)13-20(14-30)32(23)15-17-2-3-17/h4-7,9,11,16-17,20-21,23,27,33,35H,2-3,8,10,12-13,15H2,1H3/b7-4+/t20?,21?,23-,27?,28+,29-/m1/s1. The predicted molar refractivity (Wildman–Crippen MR) is 134 cm³/mol. The largest absolute Gasteiger partial charge is 0.504 e. The minimum atomic E-state index is -1.11. The number of rotatable bonds is 5. The minimum Gasteiger partial charge on any atom is -0.504 e. The zero-order valence-corrected chi connectivity index (χ0v) is 20.8. The van der Waals surface area contributed by atoms with Crippen molar-refractivity contribution in [3.8, 4) is 17.6 Å². The van der Waals surface area contributed by atoms with Crippen LogP contribution in [0.25, 0.3) is 6.08 Å². The van der Waals surface area contributed by atoms with E-state index in [0.29, 0.717) is 37.4 Å². The molecule has 7 rings (SSSR count). The lowest BCUT2D eigenvalue weighted by Crippen LogP contribution is -2.79. The lowest BCUT2D eigenvalue weighted by Gasteiger charge is -2.65. The fourth-order valence-electron chi connectivity index (χ4n) is 7.83. The summed E-state index contributed by atoms with van der Waals surface area (Å²) in [7, 11) is 1.77. The molecule has 3 heterocycles. The Morgan fingerprint density at radius 3 is 2.89 bits per heavy atom. The number of carbonyl (C=O) groups excluding carboxylic acids is 1. The summed E-state index contributed by atoms with van der Waals surface area (Å²) < 4.78 is 11.7. The summed E-state index contributed by atoms with van der Waals surface area (Å²) in [4.78, 5) is 17.2. The van der Waals surface area contributed by atoms with Crippen LogP contribution < -0.4 is 4.74 Å². The van der Waals surface area contributed by atoms with Gasteiger partial charge in [-0.25, -0.2) is 0 Å². The third-order valence-corrected chi connectivity index (χ3v) is 9.75. The van der Waals surface area contributed by atoms with Gasteiger partial charge in [-0.15, -0.1) is 0 Å². The number of aromatic hydroxyl groups is 1. The number of likely N-dealkylation sites (N-methyl/N-ethyl adjacent to an activating group) is 1. The zero-order chi connectivity index (χ0) is 25.5. The molecule has 192 valence electrons. The Balaban J connectivity index is 1.32. The second kappa shape index (κ2) is 7.86. The molecule has 0 radical (unpaired) electrons. The Kier molecular flexibility index (Phi) is 4.86. The summed E-state index contributed by atoms with van der Waals surface area (Å²) in [5.74, 6) is 0.869. The Labute approximate surface area is 215 Å². The van der Waals surface area contributed by atoms with Gasteiger partial charge in [0.2, 0.25) is 5.91 Å². The van der Waals surface area contributed by atoms with Crippen LogP contribution in [0.3, 0.4) is 0 Å². The summed E-state index contributed by atoms with van der Waals surface area (Å²) in [5, 5.41) is 33.8. The summed E-state index contributed by atoms with van der Waals surface area (Å²) in [6.07, 6.45) is 10.3. The molecule has 3 unspecified atom stereocenters. The molecular formula is C29H31N3O5. The van der Waals surface area contributed by atoms with Crippen molar-refractivity contribution < 1.29 is 24.2 Å². The van der Waals surface area contributed by atoms with Crippen LogP contribution in [-0.4, -0.2) is 69.3 Å². The van der Waals surface area contributed by atoms with Gasteiger partial charge in [0.05, 0.1) is 41.7 Å². The Hall–Kier alpha value is -3.28. The van der Waals surface area contributed by atoms with Gasteiger partial charge in [-0.05, 0) is 68.2 Å². The Bertz CT molecular complexity index is 1330. The topological polar surface area (TPSA) is 110 Å². The number of piperidine rings is 1. The van der Waals surface area contributed by atoms with Gasteiger partial charge in [0, 0.05) is 36.8 Å². The average Bonchev–Trinajstić information content (AvgIpc) is 3.41. The number of phenolic OH excluding ortho intramolecular Hbond substituents is 1. The van der Waals surface area contributed by atoms with Gasteiger partial charge in [0.1, 0.15) is 6.10 Å². The molecule has 1 aromatic carbocycles. The first-order valence-electron chi connectivity index (χ1n) is 13.2. The molecule has 5 aliphatic rings. The second-order valence-corrected chi connectivity index (χ2v) is 11.5. The number of aliphatic hydroxyl groups is 1. The highest BCUT2D eigenvalue weighted by Gasteiger charge is 2.75. The molecule has 2 saturated carbocycles. The van der Waals surface area contributed by atoms with Crippen molar-refractivity contribution in [1.29, 1.82) is 5.26 Å². The van der Waals surface area contributed by atoms with Gasteiger partial charge in [-0.1, -0.05) is 6.07 Å². The molecule has 6 atom stereocenters. The number of carbonyl (C=O) groups is 1. The zero-order valence-electron chi connectivity index (χ0n) is 20.8. The fraction of sp³-hybridized carbons (Fsp3) is 0.517. The lowest BCUT2D eigenvalue weighted by atomic mass is 9.47. The van der Waals surface area contributed by atoms with Crippen LogP contribution in [0.15, 0.2) is 41.2 Å². The Morgan fingerprint density at radius 1 is 1.32 bits per heavy atom. The number of hydrogen-bond acceptors (Lipinski definition) is 7. The molecule has 2 aromatic rings. The van der Waals surface area contributed by atoms with E-state index in [2.05, 4.69) is 11.0 Å². The summed E-state index contributed by atoms with van der Waals surface area (Å²) >= 11 is 0. The van der Waals surface area contributed by atoms with Gasteiger partial charge < -0.3 is 24.3 Å². The number of nitriles is 1. The highest BCUT2D eigenvalue weighted by molar-refractivity contribution is 5.92. The van der Waals surface area contributed by atoms with E-state index in [-0.39, 0.29) is 29.8 Å². The second-order valence-electron chi connectivity index (χ2n) is 11.5. The number of ether oxygens (including phenoxy) is 1. The van der Waals surface area contributed by atoms with Crippen LogP contribution in [0.5, 0.6) is 11.5 Å². The van der Waals surface area contributed by atoms with E-state index in [9.17, 15) is 20.3 Å². The van der Waals surface area contributed by atoms with E-state index in [0.717, 1.165) is 23.2 Å². The quantitative estimate of drug-likeness (QED) is 0.606. The number of benzene rings is 1. The van der Waals surface area contributed by atoms with E-state index in [1.807, 2.05) is 6.07 Å². The molecule has 2 aliphatic heterocycles. The van der Waals surface area contributed by atoms with E-state index in [1.165, 1.54) is 18.9 Å². The molecule has 1 aromatic heterocycles. The van der Waals surface area contributed by atoms with Crippen molar-refractivity contribution in [3.63, 3.8) is 0 Å². The van der Waals surface area contributed by atoms with Crippen molar-refractivity contribution in [2.75, 3.05) is 13.6 Å². The smallest absolute Gasteiger partial charge is 0.246 e. The van der Waals surface area contributed by atoms with Crippen molar-refractivity contribution >= 4 is 12.0 Å². The first-order valence-corrected chi connectivity index (χ1v) is 13.2. The van der Waals surface area contributed by atoms with Crippen molar-refractivity contribution in [2.45, 2.75) is 73.8 Å². The summed E-state index contributed by atoms with van der Waals surface area (Å²) in [6.45, 7) is 0.827. The molecule has 8 nitrogen and oxygen atoms in total. The molecule has 1 saturated heterocycles. The maximum absolute atomic E-state index is 13.3. The lowest BCUT2D eigenvalue weighted by molar-refractivity contribution is -0.207. The highest BCUT2D eigenvalue weighted by Crippen LogP contribution is 2.66. The van der Waals surface area contributed by atoms with E-state index in [1.54, 1.807) is 42.7 Å². The van der Waals surface area contributed by atoms with Gasteiger partial charge in [-0.3, -0.25) is 9.69 Å². The molecule has 1 amide bonds. The van der Waals surface area contributed by atoms with E-state index >= 15 is 0 Å². The molecule has 2 N–H and O–H groups in total. The minimum absolute atomic E-state index is 0.0461. The Morgan fingerprint density at radius 2 is 2.16 bits per heavy atom. The van der Waals surface area contributed by atoms with Crippen molar-refractivity contribution in [2.24, 2.45) is 5.92 Å². The van der Waals surface area contributed by atoms with Crippen LogP contribution in [0.4, 0.5) is 0 Å². The molecule has 1 spiro atoms. The van der Waals surface area contributed by atoms with Gasteiger partial charge in [-0.2, -0.15) is 5.26 Å². The molecule has 37 heavy (non-hydrogen) atoms. The van der Waals surface area contributed by atoms with Crippen LogP contribution >= 0.6 is 0 Å². The average molecular weight is 502 g/mol. The number of hydrogen-bond donors (Lipinski definition) is 2. The first kappa shape index (κ1) is 22.9. The number of likely N-dealkylation sites (tertiary alicyclic amines) is 1. The van der Waals surface area contributed by atoms with Crippen LogP contribution in [0.1, 0.15) is 48.8 Å². The highest BCUT2D eigenvalue weighted by atomic mass is 16.5. The van der Waals surface area contributed by atoms with Crippen molar-refractivity contribution in [1.82, 2.24) is 9.80 Å². The summed E-state index contributed by atoms with van der Waals surface area (Å²) in [5.41, 5.74) is 0.732. The third-order valence-electron chi connectivity index (χ3n) is 9.75. The van der Waals surface area contributed by atoms with Gasteiger partial charge in [0.15, 0.2) is 11.5 Å². The van der Waals surface area contributed by atoms with E-state index in [4.69, 9.17) is 9.15 Å². The number of amides is 1. The predicted octanol–water partition coefficient (Wildman–Crippen LogP) is 2.98. The van der Waals surface area contributed by atoms with Crippen LogP contribution in [0, 0.1) is 17.2 Å². The molecular weight excluding hydrogens is 470 g/mol. The first-order chi connectivity index (χ1) is 17.9. The van der Waals surface area contributed by atoms with E-state index < -0.39 is 17.1 Å². The maximum atomic E-state index is 13.3. The normalized spacial score (nSPS) is 35.6. The van der Waals surface area contributed by atoms with Crippen molar-refractivity contribution in [3.05, 3.63) is 53.5 Å². The molecule has 8 heteroatoms. The number of phenols is 1. The molecule has 2 bridgehead atoms. The monoisotopic (exact) mass is 501 g/mol. The fourth-order valence-corrected chi connectivity index (χ4v) is 7.83. The number of nitrogens with zero attached hydrogens (tertiary/aromatic N) is 3. The molecule has 3 fully saturated rings.